The Morgan fingerprint density at radius 3 is 2.85 bits per heavy atom. The van der Waals surface area contributed by atoms with Gasteiger partial charge in [0.1, 0.15) is 30.2 Å². The number of anilines is 1. The first-order valence-electron chi connectivity index (χ1n) is 9.02. The van der Waals surface area contributed by atoms with Crippen LogP contribution in [0, 0.1) is 0 Å². The van der Waals surface area contributed by atoms with Gasteiger partial charge in [-0.15, -0.1) is 0 Å². The van der Waals surface area contributed by atoms with Crippen LogP contribution in [0.1, 0.15) is 25.5 Å². The van der Waals surface area contributed by atoms with E-state index in [1.165, 1.54) is 12.7 Å². The van der Waals surface area contributed by atoms with Crippen molar-refractivity contribution >= 4 is 24.7 Å². The molecule has 0 aromatic carbocycles. The van der Waals surface area contributed by atoms with Crippen LogP contribution in [0.15, 0.2) is 12.7 Å². The molecule has 146 valence electrons. The first-order valence-corrected chi connectivity index (χ1v) is 10.5. The van der Waals surface area contributed by atoms with Gasteiger partial charge in [-0.05, 0) is 12.8 Å². The molecule has 3 saturated heterocycles. The molecule has 2 aromatic heterocycles. The minimum atomic E-state index is -3.43. The number of nitrogen functional groups attached to an aromatic ring is 1. The summed E-state index contributed by atoms with van der Waals surface area (Å²) in [5, 5.41) is 10.8. The van der Waals surface area contributed by atoms with Gasteiger partial charge in [-0.1, -0.05) is 6.42 Å². The predicted octanol–water partition coefficient (Wildman–Crippen LogP) is 0.676. The maximum Gasteiger partial charge on any atom is 0.408 e. The number of imidazole rings is 1. The summed E-state index contributed by atoms with van der Waals surface area (Å²) in [7, 11) is -3.43. The van der Waals surface area contributed by atoms with Crippen LogP contribution in [0.5, 0.6) is 0 Å². The summed E-state index contributed by atoms with van der Waals surface area (Å²) < 4.78 is 33.9. The minimum Gasteiger partial charge on any atom is -0.386 e. The molecule has 0 unspecified atom stereocenters. The average molecular weight is 396 g/mol. The molecule has 3 aliphatic rings. The molecular formula is C15H21N6O5P. The standard InChI is InChI=1S/C15H21N6O5P/c16-13-10-14(18-7-17-13)21(8-19-10)15-11(22)12-9(25-15)6-24-27(23,26-12)20-4-2-1-3-5-20/h7-9,11-12,15,22H,1-6H2,(H2,16,17,18)/t9-,11-,12-,15-,27+/m1/s1. The largest absolute Gasteiger partial charge is 0.408 e. The Hall–Kier alpha value is -1.62. The molecule has 5 heterocycles. The zero-order chi connectivity index (χ0) is 18.6. The van der Waals surface area contributed by atoms with Gasteiger partial charge in [0.2, 0.25) is 0 Å². The van der Waals surface area contributed by atoms with Gasteiger partial charge in [-0.2, -0.15) is 0 Å². The Morgan fingerprint density at radius 2 is 2.04 bits per heavy atom. The highest BCUT2D eigenvalue weighted by molar-refractivity contribution is 7.51. The highest BCUT2D eigenvalue weighted by atomic mass is 31.2. The lowest BCUT2D eigenvalue weighted by atomic mass is 10.1. The topological polar surface area (TPSA) is 138 Å². The Morgan fingerprint density at radius 1 is 1.22 bits per heavy atom. The van der Waals surface area contributed by atoms with E-state index in [2.05, 4.69) is 15.0 Å². The number of aliphatic hydroxyl groups is 1. The molecule has 11 nitrogen and oxygen atoms in total. The number of hydrogen-bond donors (Lipinski definition) is 2. The van der Waals surface area contributed by atoms with E-state index in [0.717, 1.165) is 19.3 Å². The third-order valence-electron chi connectivity index (χ3n) is 5.31. The second-order valence-electron chi connectivity index (χ2n) is 6.99. The van der Waals surface area contributed by atoms with Crippen molar-refractivity contribution in [3.8, 4) is 0 Å². The van der Waals surface area contributed by atoms with E-state index in [4.69, 9.17) is 19.5 Å². The number of nitrogens with two attached hydrogens (primary N) is 1. The lowest BCUT2D eigenvalue weighted by Gasteiger charge is -2.38. The van der Waals surface area contributed by atoms with Gasteiger partial charge in [0.25, 0.3) is 0 Å². The predicted molar refractivity (Wildman–Crippen MR) is 93.5 cm³/mol. The fourth-order valence-electron chi connectivity index (χ4n) is 3.89. The molecule has 0 amide bonds. The zero-order valence-electron chi connectivity index (χ0n) is 14.5. The van der Waals surface area contributed by atoms with Crippen LogP contribution < -0.4 is 5.73 Å². The van der Waals surface area contributed by atoms with E-state index < -0.39 is 32.3 Å². The monoisotopic (exact) mass is 396 g/mol. The summed E-state index contributed by atoms with van der Waals surface area (Å²) in [4.78, 5) is 12.3. The number of nitrogens with zero attached hydrogens (tertiary/aromatic N) is 5. The maximum absolute atomic E-state index is 13.2. The van der Waals surface area contributed by atoms with Crippen LogP contribution in [-0.2, 0) is 18.3 Å². The van der Waals surface area contributed by atoms with Gasteiger partial charge in [-0.3, -0.25) is 13.6 Å². The van der Waals surface area contributed by atoms with E-state index in [-0.39, 0.29) is 12.4 Å². The van der Waals surface area contributed by atoms with Crippen molar-refractivity contribution in [2.45, 2.75) is 43.8 Å². The third kappa shape index (κ3) is 2.77. The van der Waals surface area contributed by atoms with Crippen molar-refractivity contribution in [1.29, 1.82) is 0 Å². The first-order chi connectivity index (χ1) is 13.1. The van der Waals surface area contributed by atoms with E-state index >= 15 is 0 Å². The van der Waals surface area contributed by atoms with Gasteiger partial charge in [0.15, 0.2) is 17.7 Å². The molecular weight excluding hydrogens is 375 g/mol. The number of ether oxygens (including phenoxy) is 1. The fourth-order valence-corrected chi connectivity index (χ4v) is 5.93. The molecule has 3 N–H and O–H groups in total. The Kier molecular flexibility index (Phi) is 4.19. The SMILES string of the molecule is Nc1ncnc2c1ncn2[C@@H]1O[C@@H]2CO[P@@](=O)(N3CCCCC3)O[C@H]2[C@H]1O. The molecule has 5 atom stereocenters. The second kappa shape index (κ2) is 6.47. The molecule has 27 heavy (non-hydrogen) atoms. The van der Waals surface area contributed by atoms with Crippen LogP contribution in [0.25, 0.3) is 11.2 Å². The van der Waals surface area contributed by atoms with Crippen LogP contribution in [0.3, 0.4) is 0 Å². The van der Waals surface area contributed by atoms with Gasteiger partial charge in [-0.25, -0.2) is 24.2 Å². The summed E-state index contributed by atoms with van der Waals surface area (Å²) >= 11 is 0. The highest BCUT2D eigenvalue weighted by Gasteiger charge is 2.54. The van der Waals surface area contributed by atoms with Crippen molar-refractivity contribution in [2.75, 3.05) is 25.4 Å². The molecule has 0 bridgehead atoms. The summed E-state index contributed by atoms with van der Waals surface area (Å²) in [6.07, 6.45) is 2.70. The Labute approximate surface area is 155 Å². The Balaban J connectivity index is 1.41. The number of fused-ring (bicyclic) bond motifs is 2. The minimum absolute atomic E-state index is 0.0930. The van der Waals surface area contributed by atoms with Crippen LogP contribution in [0.4, 0.5) is 5.82 Å². The summed E-state index contributed by atoms with van der Waals surface area (Å²) in [6.45, 7) is 1.42. The molecule has 3 aliphatic heterocycles. The van der Waals surface area contributed by atoms with Crippen molar-refractivity contribution in [1.82, 2.24) is 24.2 Å². The second-order valence-corrected chi connectivity index (χ2v) is 8.96. The van der Waals surface area contributed by atoms with Gasteiger partial charge < -0.3 is 15.6 Å². The molecule has 0 aliphatic carbocycles. The maximum atomic E-state index is 13.2. The number of aromatic nitrogens is 4. The lowest BCUT2D eigenvalue weighted by Crippen LogP contribution is -2.43. The van der Waals surface area contributed by atoms with E-state index in [0.29, 0.717) is 24.3 Å². The van der Waals surface area contributed by atoms with E-state index in [9.17, 15) is 9.67 Å². The number of aliphatic hydroxyl groups excluding tert-OH is 1. The van der Waals surface area contributed by atoms with Crippen molar-refractivity contribution in [3.63, 3.8) is 0 Å². The van der Waals surface area contributed by atoms with Crippen LogP contribution in [-0.4, -0.2) is 67.3 Å². The summed E-state index contributed by atoms with van der Waals surface area (Å²) in [5.74, 6) is 0.248. The highest BCUT2D eigenvalue weighted by Crippen LogP contribution is 2.59. The van der Waals surface area contributed by atoms with Gasteiger partial charge >= 0.3 is 7.75 Å². The number of piperidine rings is 1. The average Bonchev–Trinajstić information content (AvgIpc) is 3.25. The van der Waals surface area contributed by atoms with Crippen LogP contribution in [0.2, 0.25) is 0 Å². The van der Waals surface area contributed by atoms with Crippen molar-refractivity contribution < 1.29 is 23.5 Å². The molecule has 0 radical (unpaired) electrons. The third-order valence-corrected chi connectivity index (χ3v) is 7.38. The summed E-state index contributed by atoms with van der Waals surface area (Å²) in [6, 6.07) is 0. The first kappa shape index (κ1) is 17.5. The van der Waals surface area contributed by atoms with E-state index in [1.807, 2.05) is 0 Å². The molecule has 3 fully saturated rings. The number of rotatable bonds is 2. The smallest absolute Gasteiger partial charge is 0.386 e. The normalized spacial score (nSPS) is 37.5. The molecule has 0 spiro atoms. The van der Waals surface area contributed by atoms with E-state index in [1.54, 1.807) is 9.24 Å². The fraction of sp³-hybridized carbons (Fsp3) is 0.667. The molecule has 5 rings (SSSR count). The van der Waals surface area contributed by atoms with Crippen LogP contribution >= 0.6 is 7.75 Å². The number of hydrogen-bond acceptors (Lipinski definition) is 9. The zero-order valence-corrected chi connectivity index (χ0v) is 15.4. The lowest BCUT2D eigenvalue weighted by molar-refractivity contribution is -0.0644. The quantitative estimate of drug-likeness (QED) is 0.697. The van der Waals surface area contributed by atoms with Crippen molar-refractivity contribution in [3.05, 3.63) is 12.7 Å². The Bertz CT molecular complexity index is 902. The van der Waals surface area contributed by atoms with Gasteiger partial charge in [0.05, 0.1) is 12.9 Å². The molecule has 12 heteroatoms. The molecule has 2 aromatic rings. The summed E-state index contributed by atoms with van der Waals surface area (Å²) in [5.41, 5.74) is 6.70. The molecule has 0 saturated carbocycles. The van der Waals surface area contributed by atoms with Gasteiger partial charge in [0, 0.05) is 13.1 Å². The van der Waals surface area contributed by atoms with Crippen molar-refractivity contribution in [2.24, 2.45) is 0 Å².